The molecule has 2 aromatic rings. The standard InChI is InChI=1S/C18H17ClN4O/c19-10-17(24)16-9-14(7-8-20-16)12-1-3-13(4-2-12)18-21-11-23(22-18)15-5-6-15/h1-4,7,11,15H,5-6,8-10H2. The topological polar surface area (TPSA) is 60.1 Å². The van der Waals surface area contributed by atoms with Gasteiger partial charge in [0.1, 0.15) is 6.33 Å². The molecule has 1 aliphatic heterocycles. The molecule has 1 aromatic heterocycles. The van der Waals surface area contributed by atoms with Crippen molar-refractivity contribution in [3.8, 4) is 11.4 Å². The van der Waals surface area contributed by atoms with E-state index in [1.54, 1.807) is 0 Å². The van der Waals surface area contributed by atoms with Crippen molar-refractivity contribution in [2.45, 2.75) is 25.3 Å². The van der Waals surface area contributed by atoms with E-state index in [0.717, 1.165) is 22.5 Å². The van der Waals surface area contributed by atoms with E-state index in [0.29, 0.717) is 24.7 Å². The summed E-state index contributed by atoms with van der Waals surface area (Å²) in [6.45, 7) is 0.530. The van der Waals surface area contributed by atoms with Crippen molar-refractivity contribution in [1.29, 1.82) is 0 Å². The number of halogens is 1. The Morgan fingerprint density at radius 1 is 1.21 bits per heavy atom. The third-order valence-electron chi connectivity index (χ3n) is 4.36. The summed E-state index contributed by atoms with van der Waals surface area (Å²) in [6, 6.07) is 8.69. The molecule has 1 aliphatic carbocycles. The molecule has 0 N–H and O–H groups in total. The van der Waals surface area contributed by atoms with Crippen LogP contribution in [0.2, 0.25) is 0 Å². The largest absolute Gasteiger partial charge is 0.291 e. The molecule has 0 spiro atoms. The zero-order valence-corrected chi connectivity index (χ0v) is 13.9. The van der Waals surface area contributed by atoms with Gasteiger partial charge in [-0.2, -0.15) is 5.10 Å². The normalized spacial score (nSPS) is 17.4. The molecule has 0 bridgehead atoms. The molecule has 122 valence electrons. The molecule has 4 rings (SSSR count). The van der Waals surface area contributed by atoms with Crippen molar-refractivity contribution < 1.29 is 4.79 Å². The van der Waals surface area contributed by atoms with Gasteiger partial charge in [0.2, 0.25) is 0 Å². The molecule has 0 saturated heterocycles. The molecule has 0 unspecified atom stereocenters. The van der Waals surface area contributed by atoms with Crippen molar-refractivity contribution >= 4 is 28.7 Å². The molecule has 1 fully saturated rings. The monoisotopic (exact) mass is 340 g/mol. The van der Waals surface area contributed by atoms with Gasteiger partial charge in [-0.1, -0.05) is 30.3 Å². The Hall–Kier alpha value is -2.27. The summed E-state index contributed by atoms with van der Waals surface area (Å²) < 4.78 is 1.95. The predicted octanol–water partition coefficient (Wildman–Crippen LogP) is 3.32. The molecule has 5 nitrogen and oxygen atoms in total. The van der Waals surface area contributed by atoms with Gasteiger partial charge in [-0.3, -0.25) is 9.79 Å². The first-order valence-electron chi connectivity index (χ1n) is 8.08. The number of carbonyl (C=O) groups excluding carboxylic acids is 1. The van der Waals surface area contributed by atoms with Gasteiger partial charge in [0.25, 0.3) is 0 Å². The van der Waals surface area contributed by atoms with Crippen LogP contribution in [-0.4, -0.2) is 38.7 Å². The number of dihydropyridines is 1. The molecule has 2 aliphatic rings. The third kappa shape index (κ3) is 3.04. The molecule has 2 heterocycles. The Bertz CT molecular complexity index is 831. The van der Waals surface area contributed by atoms with E-state index < -0.39 is 0 Å². The van der Waals surface area contributed by atoms with Gasteiger partial charge in [0.15, 0.2) is 11.6 Å². The lowest BCUT2D eigenvalue weighted by molar-refractivity contribution is -0.110. The number of aromatic nitrogens is 3. The summed E-state index contributed by atoms with van der Waals surface area (Å²) in [4.78, 5) is 20.4. The maximum Gasteiger partial charge on any atom is 0.191 e. The second-order valence-corrected chi connectivity index (χ2v) is 6.37. The summed E-state index contributed by atoms with van der Waals surface area (Å²) in [5.74, 6) is 0.653. The van der Waals surface area contributed by atoms with E-state index in [1.807, 2.05) is 35.3 Å². The molecule has 24 heavy (non-hydrogen) atoms. The number of aliphatic imine (C=N–C) groups is 1. The Labute approximate surface area is 145 Å². The Balaban J connectivity index is 1.51. The number of hydrogen-bond acceptors (Lipinski definition) is 4. The van der Waals surface area contributed by atoms with Crippen LogP contribution < -0.4 is 0 Å². The van der Waals surface area contributed by atoms with Gasteiger partial charge in [-0.15, -0.1) is 11.6 Å². The molecule has 0 amide bonds. The van der Waals surface area contributed by atoms with E-state index in [9.17, 15) is 4.79 Å². The molecule has 1 aromatic carbocycles. The first-order chi connectivity index (χ1) is 11.7. The Kier molecular flexibility index (Phi) is 4.02. The summed E-state index contributed by atoms with van der Waals surface area (Å²) in [7, 11) is 0. The summed E-state index contributed by atoms with van der Waals surface area (Å²) >= 11 is 5.63. The number of carbonyl (C=O) groups is 1. The van der Waals surface area contributed by atoms with Crippen molar-refractivity contribution in [1.82, 2.24) is 14.8 Å². The minimum Gasteiger partial charge on any atom is -0.291 e. The number of allylic oxidation sites excluding steroid dienone is 1. The van der Waals surface area contributed by atoms with Crippen molar-refractivity contribution in [3.05, 3.63) is 42.2 Å². The first-order valence-corrected chi connectivity index (χ1v) is 8.61. The highest BCUT2D eigenvalue weighted by molar-refractivity contribution is 6.50. The van der Waals surface area contributed by atoms with E-state index in [4.69, 9.17) is 11.6 Å². The number of rotatable bonds is 5. The highest BCUT2D eigenvalue weighted by Crippen LogP contribution is 2.34. The molecular formula is C18H17ClN4O. The van der Waals surface area contributed by atoms with Crippen LogP contribution in [0.3, 0.4) is 0 Å². The van der Waals surface area contributed by atoms with E-state index in [1.165, 1.54) is 12.8 Å². The van der Waals surface area contributed by atoms with Gasteiger partial charge in [0.05, 0.1) is 24.2 Å². The molecular weight excluding hydrogens is 324 g/mol. The van der Waals surface area contributed by atoms with Gasteiger partial charge in [0, 0.05) is 12.0 Å². The average Bonchev–Trinajstić information content (AvgIpc) is 3.38. The maximum absolute atomic E-state index is 11.7. The lowest BCUT2D eigenvalue weighted by Crippen LogP contribution is -2.18. The van der Waals surface area contributed by atoms with Gasteiger partial charge in [-0.05, 0) is 24.0 Å². The fourth-order valence-electron chi connectivity index (χ4n) is 2.81. The highest BCUT2D eigenvalue weighted by Gasteiger charge is 2.25. The van der Waals surface area contributed by atoms with Gasteiger partial charge in [-0.25, -0.2) is 9.67 Å². The number of nitrogens with zero attached hydrogens (tertiary/aromatic N) is 4. The molecule has 6 heteroatoms. The number of hydrogen-bond donors (Lipinski definition) is 0. The van der Waals surface area contributed by atoms with E-state index >= 15 is 0 Å². The summed E-state index contributed by atoms with van der Waals surface area (Å²) in [6.07, 6.45) is 6.80. The smallest absolute Gasteiger partial charge is 0.191 e. The summed E-state index contributed by atoms with van der Waals surface area (Å²) in [5, 5.41) is 4.54. The van der Waals surface area contributed by atoms with Crippen molar-refractivity contribution in [2.75, 3.05) is 12.4 Å². The van der Waals surface area contributed by atoms with Crippen LogP contribution >= 0.6 is 11.6 Å². The van der Waals surface area contributed by atoms with Crippen LogP contribution in [0.1, 0.15) is 30.9 Å². The zero-order chi connectivity index (χ0) is 16.5. The minimum atomic E-state index is -0.0892. The van der Waals surface area contributed by atoms with E-state index in [2.05, 4.69) is 21.2 Å². The second-order valence-electron chi connectivity index (χ2n) is 6.11. The number of ketones is 1. The lowest BCUT2D eigenvalue weighted by atomic mass is 9.95. The quantitative estimate of drug-likeness (QED) is 0.784. The van der Waals surface area contributed by atoms with Crippen LogP contribution in [0.5, 0.6) is 0 Å². The molecule has 0 atom stereocenters. The third-order valence-corrected chi connectivity index (χ3v) is 4.61. The average molecular weight is 341 g/mol. The minimum absolute atomic E-state index is 0.0135. The zero-order valence-electron chi connectivity index (χ0n) is 13.2. The number of Topliss-reactive ketones (excluding diaryl/α,β-unsaturated/α-hetero) is 1. The Morgan fingerprint density at radius 3 is 2.67 bits per heavy atom. The summed E-state index contributed by atoms with van der Waals surface area (Å²) in [5.41, 5.74) is 3.77. The number of alkyl halides is 1. The van der Waals surface area contributed by atoms with Crippen LogP contribution in [0.4, 0.5) is 0 Å². The SMILES string of the molecule is O=C(CCl)C1=NCC=C(c2ccc(-c3ncn(C4CC4)n3)cc2)C1. The molecule has 1 saturated carbocycles. The van der Waals surface area contributed by atoms with Crippen molar-refractivity contribution in [3.63, 3.8) is 0 Å². The first kappa shape index (κ1) is 15.3. The van der Waals surface area contributed by atoms with Crippen LogP contribution in [-0.2, 0) is 4.79 Å². The van der Waals surface area contributed by atoms with Gasteiger partial charge < -0.3 is 0 Å². The van der Waals surface area contributed by atoms with Crippen LogP contribution in [0.15, 0.2) is 41.7 Å². The highest BCUT2D eigenvalue weighted by atomic mass is 35.5. The fourth-order valence-corrected chi connectivity index (χ4v) is 2.97. The second kappa shape index (κ2) is 6.32. The predicted molar refractivity (Wildman–Crippen MR) is 94.4 cm³/mol. The Morgan fingerprint density at radius 2 is 1.96 bits per heavy atom. The van der Waals surface area contributed by atoms with Crippen molar-refractivity contribution in [2.24, 2.45) is 4.99 Å². The fraction of sp³-hybridized carbons (Fsp3) is 0.333. The van der Waals surface area contributed by atoms with Gasteiger partial charge >= 0.3 is 0 Å². The van der Waals surface area contributed by atoms with Crippen LogP contribution in [0.25, 0.3) is 17.0 Å². The lowest BCUT2D eigenvalue weighted by Gasteiger charge is -2.13. The maximum atomic E-state index is 11.7. The number of benzene rings is 1. The van der Waals surface area contributed by atoms with Crippen LogP contribution in [0, 0.1) is 0 Å². The molecule has 0 radical (unpaired) electrons. The van der Waals surface area contributed by atoms with E-state index in [-0.39, 0.29) is 11.7 Å².